The third-order valence-corrected chi connectivity index (χ3v) is 4.74. The number of carbonyl (C=O) groups excluding carboxylic acids is 2. The Morgan fingerprint density at radius 3 is 2.00 bits per heavy atom. The van der Waals surface area contributed by atoms with E-state index < -0.39 is 0 Å². The van der Waals surface area contributed by atoms with E-state index in [1.54, 1.807) is 42.1 Å². The zero-order chi connectivity index (χ0) is 16.8. The third kappa shape index (κ3) is 3.56. The number of fused-ring (bicyclic) bond motifs is 2. The molecule has 2 nitrogen and oxygen atoms in total. The summed E-state index contributed by atoms with van der Waals surface area (Å²) in [5, 5.41) is 0. The van der Waals surface area contributed by atoms with Gasteiger partial charge < -0.3 is 0 Å². The van der Waals surface area contributed by atoms with Gasteiger partial charge in [-0.3, -0.25) is 9.59 Å². The molecule has 3 rings (SSSR count). The first kappa shape index (κ1) is 17.5. The zero-order valence-corrected chi connectivity index (χ0v) is 14.7. The highest BCUT2D eigenvalue weighted by Gasteiger charge is 2.29. The van der Waals surface area contributed by atoms with E-state index in [-0.39, 0.29) is 11.6 Å². The number of thioether (sulfide) groups is 1. The minimum atomic E-state index is -0.0506. The average molecular weight is 326 g/mol. The number of hydrogen-bond donors (Lipinski definition) is 0. The molecule has 3 heteroatoms. The molecule has 0 aromatic heterocycles. The summed E-state index contributed by atoms with van der Waals surface area (Å²) in [6, 6.07) is 12.7. The maximum Gasteiger partial charge on any atom is 0.194 e. The van der Waals surface area contributed by atoms with Gasteiger partial charge in [0.2, 0.25) is 0 Å². The molecule has 2 aromatic carbocycles. The lowest BCUT2D eigenvalue weighted by atomic mass is 9.84. The predicted molar refractivity (Wildman–Crippen MR) is 96.7 cm³/mol. The maximum absolute atomic E-state index is 12.6. The molecule has 0 unspecified atom stereocenters. The summed E-state index contributed by atoms with van der Waals surface area (Å²) in [6.45, 7) is 6.16. The molecule has 0 bridgehead atoms. The first-order chi connectivity index (χ1) is 11.2. The molecule has 0 amide bonds. The molecule has 0 radical (unpaired) electrons. The Morgan fingerprint density at radius 1 is 0.826 bits per heavy atom. The van der Waals surface area contributed by atoms with Gasteiger partial charge >= 0.3 is 0 Å². The fourth-order valence-electron chi connectivity index (χ4n) is 2.50. The predicted octanol–water partition coefficient (Wildman–Crippen LogP) is 5.38. The van der Waals surface area contributed by atoms with Crippen LogP contribution in [0.3, 0.4) is 0 Å². The van der Waals surface area contributed by atoms with Gasteiger partial charge in [0.15, 0.2) is 11.6 Å². The molecule has 0 atom stereocenters. The fourth-order valence-corrected chi connectivity index (χ4v) is 3.54. The molecular formula is C20H22O2S. The Bertz CT molecular complexity index is 719. The Kier molecular flexibility index (Phi) is 6.17. The number of ketones is 2. The topological polar surface area (TPSA) is 34.1 Å². The van der Waals surface area contributed by atoms with Crippen LogP contribution in [-0.2, 0) is 0 Å². The molecule has 0 spiro atoms. The smallest absolute Gasteiger partial charge is 0.194 e. The lowest BCUT2D eigenvalue weighted by molar-refractivity contribution is 0.0979. The lowest BCUT2D eigenvalue weighted by Crippen LogP contribution is -2.20. The van der Waals surface area contributed by atoms with Crippen LogP contribution in [0.1, 0.15) is 65.5 Å². The SMILES string of the molecule is CC.CCCCSc1ccc2c(c1)C(=O)c1ccccc1C2=O. The summed E-state index contributed by atoms with van der Waals surface area (Å²) in [5.74, 6) is 0.942. The van der Waals surface area contributed by atoms with Gasteiger partial charge in [0.25, 0.3) is 0 Å². The van der Waals surface area contributed by atoms with E-state index in [0.29, 0.717) is 22.3 Å². The van der Waals surface area contributed by atoms with Crippen LogP contribution in [0.4, 0.5) is 0 Å². The van der Waals surface area contributed by atoms with Gasteiger partial charge in [-0.25, -0.2) is 0 Å². The second kappa shape index (κ2) is 8.11. The van der Waals surface area contributed by atoms with Crippen molar-refractivity contribution in [2.75, 3.05) is 5.75 Å². The molecule has 0 saturated carbocycles. The minimum absolute atomic E-state index is 0.0434. The van der Waals surface area contributed by atoms with Crippen molar-refractivity contribution >= 4 is 23.3 Å². The van der Waals surface area contributed by atoms with Crippen LogP contribution in [0.25, 0.3) is 0 Å². The standard InChI is InChI=1S/C18H16O2S.C2H6/c1-2-3-10-21-12-8-9-15-16(11-12)18(20)14-7-5-4-6-13(14)17(15)19;1-2/h4-9,11H,2-3,10H2,1H3;1-2H3. The Hall–Kier alpha value is -1.87. The molecule has 1 aliphatic rings. The number of benzene rings is 2. The Balaban J connectivity index is 0.000000924. The van der Waals surface area contributed by atoms with Crippen molar-refractivity contribution in [3.05, 3.63) is 64.7 Å². The summed E-state index contributed by atoms with van der Waals surface area (Å²) in [6.07, 6.45) is 2.31. The van der Waals surface area contributed by atoms with Crippen LogP contribution in [0, 0.1) is 0 Å². The summed E-state index contributed by atoms with van der Waals surface area (Å²) in [5.41, 5.74) is 2.10. The molecule has 2 aromatic rings. The molecule has 0 saturated heterocycles. The molecule has 23 heavy (non-hydrogen) atoms. The quantitative estimate of drug-likeness (QED) is 0.477. The van der Waals surface area contributed by atoms with Crippen molar-refractivity contribution in [2.45, 2.75) is 38.5 Å². The van der Waals surface area contributed by atoms with E-state index in [1.807, 2.05) is 26.0 Å². The van der Waals surface area contributed by atoms with Crippen LogP contribution in [0.15, 0.2) is 47.4 Å². The van der Waals surface area contributed by atoms with E-state index in [9.17, 15) is 9.59 Å². The zero-order valence-electron chi connectivity index (χ0n) is 13.9. The summed E-state index contributed by atoms with van der Waals surface area (Å²) in [7, 11) is 0. The first-order valence-electron chi connectivity index (χ1n) is 8.17. The van der Waals surface area contributed by atoms with Crippen LogP contribution < -0.4 is 0 Å². The second-order valence-electron chi connectivity index (χ2n) is 5.11. The number of carbonyl (C=O) groups is 2. The van der Waals surface area contributed by atoms with Crippen LogP contribution in [0.2, 0.25) is 0 Å². The summed E-state index contributed by atoms with van der Waals surface area (Å²) < 4.78 is 0. The number of rotatable bonds is 4. The van der Waals surface area contributed by atoms with Crippen molar-refractivity contribution in [3.63, 3.8) is 0 Å². The highest BCUT2D eigenvalue weighted by Crippen LogP contribution is 2.30. The number of hydrogen-bond acceptors (Lipinski definition) is 3. The Morgan fingerprint density at radius 2 is 1.39 bits per heavy atom. The third-order valence-electron chi connectivity index (χ3n) is 3.66. The van der Waals surface area contributed by atoms with E-state index >= 15 is 0 Å². The van der Waals surface area contributed by atoms with E-state index in [1.165, 1.54) is 0 Å². The van der Waals surface area contributed by atoms with Gasteiger partial charge in [-0.2, -0.15) is 0 Å². The van der Waals surface area contributed by atoms with Crippen molar-refractivity contribution in [1.82, 2.24) is 0 Å². The van der Waals surface area contributed by atoms with E-state index in [0.717, 1.165) is 23.5 Å². The molecule has 0 fully saturated rings. The van der Waals surface area contributed by atoms with Gasteiger partial charge in [-0.15, -0.1) is 11.8 Å². The summed E-state index contributed by atoms with van der Waals surface area (Å²) in [4.78, 5) is 26.1. The van der Waals surface area contributed by atoms with Gasteiger partial charge in [-0.1, -0.05) is 51.5 Å². The highest BCUT2D eigenvalue weighted by atomic mass is 32.2. The van der Waals surface area contributed by atoms with Gasteiger partial charge in [-0.05, 0) is 30.4 Å². The minimum Gasteiger partial charge on any atom is -0.289 e. The van der Waals surface area contributed by atoms with Gasteiger partial charge in [0.1, 0.15) is 0 Å². The van der Waals surface area contributed by atoms with Crippen molar-refractivity contribution < 1.29 is 9.59 Å². The molecule has 0 aliphatic heterocycles. The van der Waals surface area contributed by atoms with E-state index in [2.05, 4.69) is 6.92 Å². The lowest BCUT2D eigenvalue weighted by Gasteiger charge is -2.17. The van der Waals surface area contributed by atoms with Crippen molar-refractivity contribution in [3.8, 4) is 0 Å². The van der Waals surface area contributed by atoms with Gasteiger partial charge in [0, 0.05) is 27.1 Å². The Labute approximate surface area is 142 Å². The molecular weight excluding hydrogens is 304 g/mol. The second-order valence-corrected chi connectivity index (χ2v) is 6.28. The number of unbranched alkanes of at least 4 members (excludes halogenated alkanes) is 1. The normalized spacial score (nSPS) is 12.1. The maximum atomic E-state index is 12.6. The van der Waals surface area contributed by atoms with Crippen LogP contribution in [-0.4, -0.2) is 17.3 Å². The van der Waals surface area contributed by atoms with Gasteiger partial charge in [0.05, 0.1) is 0 Å². The van der Waals surface area contributed by atoms with E-state index in [4.69, 9.17) is 0 Å². The average Bonchev–Trinajstić information content (AvgIpc) is 2.61. The van der Waals surface area contributed by atoms with Crippen molar-refractivity contribution in [1.29, 1.82) is 0 Å². The molecule has 0 heterocycles. The first-order valence-corrected chi connectivity index (χ1v) is 9.16. The van der Waals surface area contributed by atoms with Crippen molar-refractivity contribution in [2.24, 2.45) is 0 Å². The fraction of sp³-hybridized carbons (Fsp3) is 0.300. The largest absolute Gasteiger partial charge is 0.289 e. The highest BCUT2D eigenvalue weighted by molar-refractivity contribution is 7.99. The monoisotopic (exact) mass is 326 g/mol. The van der Waals surface area contributed by atoms with Crippen LogP contribution >= 0.6 is 11.8 Å². The molecule has 1 aliphatic carbocycles. The molecule has 0 N–H and O–H groups in total. The summed E-state index contributed by atoms with van der Waals surface area (Å²) >= 11 is 1.74. The van der Waals surface area contributed by atoms with Crippen LogP contribution in [0.5, 0.6) is 0 Å². The molecule has 120 valence electrons.